The fourth-order valence-electron chi connectivity index (χ4n) is 2.63. The fraction of sp³-hybridized carbons (Fsp3) is 0.350. The maximum absolute atomic E-state index is 12.3. The van der Waals surface area contributed by atoms with Gasteiger partial charge in [0.1, 0.15) is 5.75 Å². The summed E-state index contributed by atoms with van der Waals surface area (Å²) >= 11 is 0. The van der Waals surface area contributed by atoms with Gasteiger partial charge in [0.15, 0.2) is 18.1 Å². The minimum atomic E-state index is -3.58. The lowest BCUT2D eigenvalue weighted by molar-refractivity contribution is -0.118. The van der Waals surface area contributed by atoms with Crippen LogP contribution in [0.1, 0.15) is 19.4 Å². The van der Waals surface area contributed by atoms with Crippen molar-refractivity contribution < 1.29 is 27.4 Å². The number of carbonyl (C=O) groups is 1. The number of rotatable bonds is 8. The summed E-state index contributed by atoms with van der Waals surface area (Å²) in [5.41, 5.74) is 1.19. The molecule has 156 valence electrons. The predicted octanol–water partition coefficient (Wildman–Crippen LogP) is 2.68. The van der Waals surface area contributed by atoms with Crippen molar-refractivity contribution in [2.75, 3.05) is 25.3 Å². The highest BCUT2D eigenvalue weighted by Crippen LogP contribution is 2.34. The van der Waals surface area contributed by atoms with Gasteiger partial charge in [-0.15, -0.1) is 0 Å². The second-order valence-electron chi connectivity index (χ2n) is 7.08. The van der Waals surface area contributed by atoms with E-state index in [0.717, 1.165) is 0 Å². The SMILES string of the molecule is Cc1cc(S(=O)(=O)NCC(C)C)ccc1OCC(=O)Nc1ccc2c(c1)OCO2. The highest BCUT2D eigenvalue weighted by molar-refractivity contribution is 7.89. The third-order valence-electron chi connectivity index (χ3n) is 4.15. The van der Waals surface area contributed by atoms with Gasteiger partial charge in [-0.1, -0.05) is 13.8 Å². The third kappa shape index (κ3) is 5.39. The van der Waals surface area contributed by atoms with Crippen LogP contribution in [0.5, 0.6) is 17.2 Å². The van der Waals surface area contributed by atoms with Crippen LogP contribution >= 0.6 is 0 Å². The highest BCUT2D eigenvalue weighted by Gasteiger charge is 2.17. The van der Waals surface area contributed by atoms with E-state index < -0.39 is 10.0 Å². The van der Waals surface area contributed by atoms with Gasteiger partial charge >= 0.3 is 0 Å². The van der Waals surface area contributed by atoms with E-state index in [2.05, 4.69) is 10.0 Å². The van der Waals surface area contributed by atoms with Gasteiger partial charge in [0, 0.05) is 18.3 Å². The molecule has 2 aromatic rings. The molecule has 3 rings (SSSR count). The summed E-state index contributed by atoms with van der Waals surface area (Å²) < 4.78 is 43.2. The first kappa shape index (κ1) is 20.9. The van der Waals surface area contributed by atoms with Crippen molar-refractivity contribution in [3.63, 3.8) is 0 Å². The van der Waals surface area contributed by atoms with E-state index in [1.807, 2.05) is 13.8 Å². The standard InChI is InChI=1S/C20H24N2O6S/c1-13(2)10-21-29(24,25)16-5-7-17(14(3)8-16)26-11-20(23)22-15-4-6-18-19(9-15)28-12-27-18/h4-9,13,21H,10-12H2,1-3H3,(H,22,23). The van der Waals surface area contributed by atoms with E-state index in [0.29, 0.717) is 35.0 Å². The molecule has 1 heterocycles. The Hall–Kier alpha value is -2.78. The van der Waals surface area contributed by atoms with Crippen molar-refractivity contribution in [1.29, 1.82) is 0 Å². The minimum absolute atomic E-state index is 0.160. The zero-order valence-electron chi connectivity index (χ0n) is 16.5. The number of hydrogen-bond acceptors (Lipinski definition) is 6. The van der Waals surface area contributed by atoms with Crippen molar-refractivity contribution in [3.8, 4) is 17.2 Å². The summed E-state index contributed by atoms with van der Waals surface area (Å²) in [7, 11) is -3.58. The molecule has 0 radical (unpaired) electrons. The number of ether oxygens (including phenoxy) is 3. The smallest absolute Gasteiger partial charge is 0.262 e. The van der Waals surface area contributed by atoms with Crippen LogP contribution in [0.4, 0.5) is 5.69 Å². The van der Waals surface area contributed by atoms with Crippen LogP contribution in [0.25, 0.3) is 0 Å². The Balaban J connectivity index is 1.58. The Morgan fingerprint density at radius 1 is 1.14 bits per heavy atom. The molecule has 0 atom stereocenters. The van der Waals surface area contributed by atoms with Gasteiger partial charge in [0.2, 0.25) is 16.8 Å². The lowest BCUT2D eigenvalue weighted by Crippen LogP contribution is -2.27. The first-order valence-corrected chi connectivity index (χ1v) is 10.7. The van der Waals surface area contributed by atoms with Gasteiger partial charge in [-0.25, -0.2) is 13.1 Å². The average Bonchev–Trinajstić information content (AvgIpc) is 3.13. The van der Waals surface area contributed by atoms with Crippen LogP contribution in [0.3, 0.4) is 0 Å². The van der Waals surface area contributed by atoms with E-state index in [1.54, 1.807) is 31.2 Å². The number of carbonyl (C=O) groups excluding carboxylic acids is 1. The molecule has 29 heavy (non-hydrogen) atoms. The Morgan fingerprint density at radius 2 is 1.90 bits per heavy atom. The van der Waals surface area contributed by atoms with Crippen molar-refractivity contribution in [2.45, 2.75) is 25.7 Å². The third-order valence-corrected chi connectivity index (χ3v) is 5.57. The van der Waals surface area contributed by atoms with Crippen molar-refractivity contribution >= 4 is 21.6 Å². The lowest BCUT2D eigenvalue weighted by atomic mass is 10.2. The Morgan fingerprint density at radius 3 is 2.62 bits per heavy atom. The van der Waals surface area contributed by atoms with Crippen LogP contribution in [0.15, 0.2) is 41.3 Å². The molecular weight excluding hydrogens is 396 g/mol. The summed E-state index contributed by atoms with van der Waals surface area (Å²) in [5, 5.41) is 2.72. The molecule has 1 aliphatic heterocycles. The minimum Gasteiger partial charge on any atom is -0.483 e. The quantitative estimate of drug-likeness (QED) is 0.681. The molecule has 2 N–H and O–H groups in total. The fourth-order valence-corrected chi connectivity index (χ4v) is 3.92. The summed E-state index contributed by atoms with van der Waals surface area (Å²) in [6.45, 7) is 5.89. The predicted molar refractivity (Wildman–Crippen MR) is 108 cm³/mol. The molecule has 1 amide bonds. The molecule has 0 unspecified atom stereocenters. The first-order chi connectivity index (χ1) is 13.7. The van der Waals surface area contributed by atoms with Crippen LogP contribution in [-0.2, 0) is 14.8 Å². The number of nitrogens with one attached hydrogen (secondary N) is 2. The van der Waals surface area contributed by atoms with E-state index in [4.69, 9.17) is 14.2 Å². The van der Waals surface area contributed by atoms with Crippen molar-refractivity contribution in [2.24, 2.45) is 5.92 Å². The molecule has 2 aromatic carbocycles. The van der Waals surface area contributed by atoms with Crippen LogP contribution in [0, 0.1) is 12.8 Å². The maximum atomic E-state index is 12.3. The number of sulfonamides is 1. The van der Waals surface area contributed by atoms with Crippen molar-refractivity contribution in [3.05, 3.63) is 42.0 Å². The molecule has 0 saturated carbocycles. The normalized spacial score (nSPS) is 12.8. The molecular formula is C20H24N2O6S. The molecule has 8 nitrogen and oxygen atoms in total. The molecule has 0 spiro atoms. The van der Waals surface area contributed by atoms with Gasteiger partial charge in [-0.2, -0.15) is 0 Å². The number of hydrogen-bond donors (Lipinski definition) is 2. The summed E-state index contributed by atoms with van der Waals surface area (Å²) in [6.07, 6.45) is 0. The summed E-state index contributed by atoms with van der Waals surface area (Å²) in [6, 6.07) is 9.63. The van der Waals surface area contributed by atoms with Crippen LogP contribution < -0.4 is 24.2 Å². The van der Waals surface area contributed by atoms with Crippen molar-refractivity contribution in [1.82, 2.24) is 4.72 Å². The Kier molecular flexibility index (Phi) is 6.29. The molecule has 0 fully saturated rings. The van der Waals surface area contributed by atoms with E-state index in [-0.39, 0.29) is 30.1 Å². The molecule has 0 bridgehead atoms. The Labute approximate surface area is 170 Å². The average molecular weight is 420 g/mol. The second-order valence-corrected chi connectivity index (χ2v) is 8.84. The number of fused-ring (bicyclic) bond motifs is 1. The Bertz CT molecular complexity index is 1000. The number of anilines is 1. The highest BCUT2D eigenvalue weighted by atomic mass is 32.2. The van der Waals surface area contributed by atoms with Gasteiger partial charge in [0.05, 0.1) is 4.90 Å². The zero-order chi connectivity index (χ0) is 21.0. The van der Waals surface area contributed by atoms with Crippen LogP contribution in [-0.4, -0.2) is 34.3 Å². The second kappa shape index (κ2) is 8.71. The molecule has 1 aliphatic rings. The zero-order valence-corrected chi connectivity index (χ0v) is 17.3. The van der Waals surface area contributed by atoms with E-state index in [1.165, 1.54) is 12.1 Å². The van der Waals surface area contributed by atoms with Gasteiger partial charge < -0.3 is 19.5 Å². The summed E-state index contributed by atoms with van der Waals surface area (Å²) in [4.78, 5) is 12.3. The van der Waals surface area contributed by atoms with Gasteiger partial charge in [0.25, 0.3) is 5.91 Å². The first-order valence-electron chi connectivity index (χ1n) is 9.17. The number of benzene rings is 2. The van der Waals surface area contributed by atoms with Crippen LogP contribution in [0.2, 0.25) is 0 Å². The molecule has 0 aromatic heterocycles. The van der Waals surface area contributed by atoms with Gasteiger partial charge in [-0.3, -0.25) is 4.79 Å². The largest absolute Gasteiger partial charge is 0.483 e. The topological polar surface area (TPSA) is 103 Å². The maximum Gasteiger partial charge on any atom is 0.262 e. The molecule has 0 aliphatic carbocycles. The summed E-state index contributed by atoms with van der Waals surface area (Å²) in [5.74, 6) is 1.50. The number of aryl methyl sites for hydroxylation is 1. The monoisotopic (exact) mass is 420 g/mol. The van der Waals surface area contributed by atoms with E-state index >= 15 is 0 Å². The van der Waals surface area contributed by atoms with E-state index in [9.17, 15) is 13.2 Å². The number of amides is 1. The van der Waals surface area contributed by atoms with Gasteiger partial charge in [-0.05, 0) is 48.7 Å². The molecule has 9 heteroatoms. The lowest BCUT2D eigenvalue weighted by Gasteiger charge is -2.13. The molecule has 0 saturated heterocycles.